The van der Waals surface area contributed by atoms with Crippen molar-refractivity contribution in [3.63, 3.8) is 0 Å². The lowest BCUT2D eigenvalue weighted by Gasteiger charge is -2.20. The van der Waals surface area contributed by atoms with Crippen LogP contribution in [0.15, 0.2) is 23.7 Å². The summed E-state index contributed by atoms with van der Waals surface area (Å²) in [6.45, 7) is 5.65. The number of aryl methyl sites for hydroxylation is 1. The predicted octanol–water partition coefficient (Wildman–Crippen LogP) is 3.46. The van der Waals surface area contributed by atoms with Crippen LogP contribution in [0.3, 0.4) is 0 Å². The second-order valence-corrected chi connectivity index (χ2v) is 5.73. The van der Waals surface area contributed by atoms with Gasteiger partial charge in [0.25, 0.3) is 0 Å². The van der Waals surface area contributed by atoms with Gasteiger partial charge in [-0.25, -0.2) is 4.98 Å². The van der Waals surface area contributed by atoms with Gasteiger partial charge in [0.15, 0.2) is 0 Å². The molecule has 0 fully saturated rings. The van der Waals surface area contributed by atoms with E-state index in [2.05, 4.69) is 23.9 Å². The fourth-order valence-electron chi connectivity index (χ4n) is 1.88. The van der Waals surface area contributed by atoms with Crippen molar-refractivity contribution < 1.29 is 4.74 Å². The van der Waals surface area contributed by atoms with E-state index >= 15 is 0 Å². The van der Waals surface area contributed by atoms with Crippen molar-refractivity contribution in [1.29, 1.82) is 0 Å². The molecule has 0 aliphatic carbocycles. The maximum Gasteiger partial charge on any atom is 0.144 e. The summed E-state index contributed by atoms with van der Waals surface area (Å²) < 4.78 is 5.67. The Morgan fingerprint density at radius 2 is 2.20 bits per heavy atom. The van der Waals surface area contributed by atoms with Gasteiger partial charge in [-0.1, -0.05) is 6.92 Å². The minimum atomic E-state index is 0.685. The Kier molecular flexibility index (Phi) is 4.84. The molecule has 0 saturated heterocycles. The standard InChI is InChI=1S/C15H21N3OS/c1-4-7-19-14-8-12(5-6-13(14)16)18(3)9-15-11(2)17-10-20-15/h5-6,8,10H,4,7,9,16H2,1-3H3. The number of hydrogen-bond donors (Lipinski definition) is 1. The van der Waals surface area contributed by atoms with E-state index in [1.807, 2.05) is 30.6 Å². The van der Waals surface area contributed by atoms with Crippen molar-refractivity contribution in [2.45, 2.75) is 26.8 Å². The van der Waals surface area contributed by atoms with Crippen LogP contribution in [0.2, 0.25) is 0 Å². The van der Waals surface area contributed by atoms with Crippen LogP contribution in [0.1, 0.15) is 23.9 Å². The van der Waals surface area contributed by atoms with Crippen LogP contribution in [-0.4, -0.2) is 18.6 Å². The molecule has 0 spiro atoms. The zero-order valence-corrected chi connectivity index (χ0v) is 13.0. The number of hydrogen-bond acceptors (Lipinski definition) is 5. The Labute approximate surface area is 124 Å². The minimum absolute atomic E-state index is 0.685. The molecule has 2 rings (SSSR count). The molecule has 0 saturated carbocycles. The van der Waals surface area contributed by atoms with Crippen molar-refractivity contribution in [3.05, 3.63) is 34.3 Å². The van der Waals surface area contributed by atoms with Crippen LogP contribution in [0.4, 0.5) is 11.4 Å². The summed E-state index contributed by atoms with van der Waals surface area (Å²) >= 11 is 1.69. The van der Waals surface area contributed by atoms with Gasteiger partial charge >= 0.3 is 0 Å². The van der Waals surface area contributed by atoms with E-state index in [0.717, 1.165) is 30.1 Å². The zero-order chi connectivity index (χ0) is 14.5. The fraction of sp³-hybridized carbons (Fsp3) is 0.400. The van der Waals surface area contributed by atoms with Crippen LogP contribution in [0.25, 0.3) is 0 Å². The van der Waals surface area contributed by atoms with Gasteiger partial charge in [-0.15, -0.1) is 11.3 Å². The highest BCUT2D eigenvalue weighted by Crippen LogP contribution is 2.28. The molecule has 1 aromatic carbocycles. The first-order valence-electron chi connectivity index (χ1n) is 6.74. The average Bonchev–Trinajstić information content (AvgIpc) is 2.83. The van der Waals surface area contributed by atoms with Gasteiger partial charge in [-0.2, -0.15) is 0 Å². The van der Waals surface area contributed by atoms with E-state index in [1.165, 1.54) is 4.88 Å². The van der Waals surface area contributed by atoms with Crippen LogP contribution >= 0.6 is 11.3 Å². The number of ether oxygens (including phenoxy) is 1. The molecule has 0 bridgehead atoms. The zero-order valence-electron chi connectivity index (χ0n) is 12.2. The molecule has 0 atom stereocenters. The third kappa shape index (κ3) is 3.42. The highest BCUT2D eigenvalue weighted by molar-refractivity contribution is 7.09. The quantitative estimate of drug-likeness (QED) is 0.828. The molecule has 20 heavy (non-hydrogen) atoms. The van der Waals surface area contributed by atoms with Crippen LogP contribution < -0.4 is 15.4 Å². The Bertz CT molecular complexity index is 568. The molecule has 1 heterocycles. The maximum atomic E-state index is 5.94. The molecular weight excluding hydrogens is 270 g/mol. The molecule has 0 amide bonds. The third-order valence-electron chi connectivity index (χ3n) is 3.13. The molecule has 1 aromatic heterocycles. The predicted molar refractivity (Wildman–Crippen MR) is 85.6 cm³/mol. The van der Waals surface area contributed by atoms with Crippen LogP contribution in [0, 0.1) is 6.92 Å². The van der Waals surface area contributed by atoms with Gasteiger partial charge in [-0.3, -0.25) is 0 Å². The summed E-state index contributed by atoms with van der Waals surface area (Å²) in [6.07, 6.45) is 0.972. The van der Waals surface area contributed by atoms with Crippen LogP contribution in [-0.2, 0) is 6.54 Å². The van der Waals surface area contributed by atoms with Crippen LogP contribution in [0.5, 0.6) is 5.75 Å². The van der Waals surface area contributed by atoms with E-state index in [1.54, 1.807) is 11.3 Å². The highest BCUT2D eigenvalue weighted by Gasteiger charge is 2.09. The lowest BCUT2D eigenvalue weighted by Crippen LogP contribution is -2.16. The average molecular weight is 291 g/mol. The first-order valence-corrected chi connectivity index (χ1v) is 7.62. The summed E-state index contributed by atoms with van der Waals surface area (Å²) in [4.78, 5) is 7.74. The highest BCUT2D eigenvalue weighted by atomic mass is 32.1. The number of nitrogens with zero attached hydrogens (tertiary/aromatic N) is 2. The number of anilines is 2. The Morgan fingerprint density at radius 1 is 1.40 bits per heavy atom. The van der Waals surface area contributed by atoms with Gasteiger partial charge in [-0.05, 0) is 25.5 Å². The number of nitrogens with two attached hydrogens (primary N) is 1. The van der Waals surface area contributed by atoms with Gasteiger partial charge in [0, 0.05) is 23.7 Å². The topological polar surface area (TPSA) is 51.4 Å². The van der Waals surface area contributed by atoms with E-state index < -0.39 is 0 Å². The van der Waals surface area contributed by atoms with Gasteiger partial charge in [0.1, 0.15) is 5.75 Å². The number of aromatic nitrogens is 1. The normalized spacial score (nSPS) is 10.6. The van der Waals surface area contributed by atoms with E-state index in [4.69, 9.17) is 10.5 Å². The van der Waals surface area contributed by atoms with Gasteiger partial charge in [0.05, 0.1) is 30.0 Å². The molecule has 0 radical (unpaired) electrons. The van der Waals surface area contributed by atoms with Crippen molar-refractivity contribution in [3.8, 4) is 5.75 Å². The number of thiazole rings is 1. The first kappa shape index (κ1) is 14.7. The summed E-state index contributed by atoms with van der Waals surface area (Å²) in [7, 11) is 2.06. The lowest BCUT2D eigenvalue weighted by molar-refractivity contribution is 0.319. The summed E-state index contributed by atoms with van der Waals surface area (Å²) in [5.74, 6) is 0.761. The van der Waals surface area contributed by atoms with E-state index in [9.17, 15) is 0 Å². The Balaban J connectivity index is 2.13. The lowest BCUT2D eigenvalue weighted by atomic mass is 10.2. The number of benzene rings is 1. The SMILES string of the molecule is CCCOc1cc(N(C)Cc2scnc2C)ccc1N. The fourth-order valence-corrected chi connectivity index (χ4v) is 2.71. The Hall–Kier alpha value is -1.75. The number of nitrogen functional groups attached to an aromatic ring is 1. The Morgan fingerprint density at radius 3 is 2.85 bits per heavy atom. The molecule has 2 aromatic rings. The van der Waals surface area contributed by atoms with Gasteiger partial charge < -0.3 is 15.4 Å². The summed E-state index contributed by atoms with van der Waals surface area (Å²) in [5.41, 5.74) is 10.7. The molecule has 0 aliphatic heterocycles. The van der Waals surface area contributed by atoms with Crippen molar-refractivity contribution in [2.24, 2.45) is 0 Å². The number of rotatable bonds is 6. The summed E-state index contributed by atoms with van der Waals surface area (Å²) in [6, 6.07) is 5.92. The minimum Gasteiger partial charge on any atom is -0.491 e. The smallest absolute Gasteiger partial charge is 0.144 e. The van der Waals surface area contributed by atoms with Gasteiger partial charge in [0.2, 0.25) is 0 Å². The summed E-state index contributed by atoms with van der Waals surface area (Å²) in [5, 5.41) is 0. The molecule has 5 heteroatoms. The molecule has 0 aliphatic rings. The molecule has 108 valence electrons. The molecule has 4 nitrogen and oxygen atoms in total. The van der Waals surface area contributed by atoms with Crippen molar-refractivity contribution in [1.82, 2.24) is 4.98 Å². The largest absolute Gasteiger partial charge is 0.491 e. The van der Waals surface area contributed by atoms with Crippen molar-refractivity contribution in [2.75, 3.05) is 24.3 Å². The second-order valence-electron chi connectivity index (χ2n) is 4.79. The molecule has 2 N–H and O–H groups in total. The monoisotopic (exact) mass is 291 g/mol. The molecule has 0 unspecified atom stereocenters. The molecular formula is C15H21N3OS. The van der Waals surface area contributed by atoms with E-state index in [0.29, 0.717) is 12.3 Å². The first-order chi connectivity index (χ1) is 9.61. The second kappa shape index (κ2) is 6.61. The van der Waals surface area contributed by atoms with E-state index in [-0.39, 0.29) is 0 Å². The maximum absolute atomic E-state index is 5.94. The van der Waals surface area contributed by atoms with Crippen molar-refractivity contribution >= 4 is 22.7 Å². The third-order valence-corrected chi connectivity index (χ3v) is 4.05.